The summed E-state index contributed by atoms with van der Waals surface area (Å²) in [5, 5.41) is 11.2. The maximum atomic E-state index is 11.2. The van der Waals surface area contributed by atoms with E-state index in [4.69, 9.17) is 23.7 Å². The fourth-order valence-electron chi connectivity index (χ4n) is 4.77. The lowest BCUT2D eigenvalue weighted by Crippen LogP contribution is -2.61. The Bertz CT molecular complexity index is 1240. The quantitative estimate of drug-likeness (QED) is 0.236. The topological polar surface area (TPSA) is 66.4 Å². The predicted octanol–water partition coefficient (Wildman–Crippen LogP) is 5.68. The smallest absolute Gasteiger partial charge is 0.184 e. The summed E-state index contributed by atoms with van der Waals surface area (Å²) in [6.45, 7) is 1.65. The molecule has 6 nitrogen and oxygen atoms in total. The molecule has 0 saturated carbocycles. The molecule has 1 saturated heterocycles. The SMILES string of the molecule is O[C@@H]1OC(COCc2ccccc2)[C@H](OCc2ccccc2)[C@H](OCc2ccccc2)C1OCc1ccccc1. The molecular weight excluding hydrogens is 504 g/mol. The van der Waals surface area contributed by atoms with Gasteiger partial charge in [0.2, 0.25) is 0 Å². The number of aliphatic hydroxyl groups is 1. The first kappa shape index (κ1) is 28.2. The van der Waals surface area contributed by atoms with Gasteiger partial charge in [0, 0.05) is 0 Å². The molecule has 40 heavy (non-hydrogen) atoms. The molecular formula is C34H36O6. The summed E-state index contributed by atoms with van der Waals surface area (Å²) in [7, 11) is 0. The van der Waals surface area contributed by atoms with Crippen LogP contribution in [0.2, 0.25) is 0 Å². The minimum Gasteiger partial charge on any atom is -0.374 e. The van der Waals surface area contributed by atoms with Crippen molar-refractivity contribution < 1.29 is 28.8 Å². The number of hydrogen-bond donors (Lipinski definition) is 1. The van der Waals surface area contributed by atoms with Gasteiger partial charge in [-0.3, -0.25) is 0 Å². The molecule has 0 aliphatic carbocycles. The Morgan fingerprint density at radius 3 is 1.30 bits per heavy atom. The third-order valence-corrected chi connectivity index (χ3v) is 6.86. The molecule has 1 aliphatic rings. The average Bonchev–Trinajstić information content (AvgIpc) is 3.01. The normalized spacial score (nSPS) is 22.7. The minimum absolute atomic E-state index is 0.224. The molecule has 0 aromatic heterocycles. The fraction of sp³-hybridized carbons (Fsp3) is 0.294. The molecule has 1 fully saturated rings. The highest BCUT2D eigenvalue weighted by Crippen LogP contribution is 2.30. The first-order chi connectivity index (χ1) is 19.8. The minimum atomic E-state index is -1.22. The molecule has 5 rings (SSSR count). The Morgan fingerprint density at radius 1 is 0.475 bits per heavy atom. The molecule has 0 spiro atoms. The van der Waals surface area contributed by atoms with Gasteiger partial charge in [0.25, 0.3) is 0 Å². The summed E-state index contributed by atoms with van der Waals surface area (Å²) in [6.07, 6.45) is -3.72. The summed E-state index contributed by atoms with van der Waals surface area (Å²) in [4.78, 5) is 0. The highest BCUT2D eigenvalue weighted by Gasteiger charge is 2.48. The van der Waals surface area contributed by atoms with Crippen molar-refractivity contribution in [1.82, 2.24) is 0 Å². The van der Waals surface area contributed by atoms with Crippen LogP contribution in [0.5, 0.6) is 0 Å². The van der Waals surface area contributed by atoms with Crippen LogP contribution in [0, 0.1) is 0 Å². The second-order valence-electron chi connectivity index (χ2n) is 9.85. The molecule has 1 heterocycles. The second-order valence-corrected chi connectivity index (χ2v) is 9.85. The Kier molecular flexibility index (Phi) is 10.5. The van der Waals surface area contributed by atoms with Crippen LogP contribution >= 0.6 is 0 Å². The third-order valence-electron chi connectivity index (χ3n) is 6.86. The average molecular weight is 541 g/mol. The summed E-state index contributed by atoms with van der Waals surface area (Å²) >= 11 is 0. The van der Waals surface area contributed by atoms with E-state index in [1.807, 2.05) is 121 Å². The van der Waals surface area contributed by atoms with Crippen LogP contribution in [0.25, 0.3) is 0 Å². The van der Waals surface area contributed by atoms with E-state index < -0.39 is 30.7 Å². The summed E-state index contributed by atoms with van der Waals surface area (Å²) in [6, 6.07) is 39.7. The van der Waals surface area contributed by atoms with Crippen LogP contribution in [0.15, 0.2) is 121 Å². The fourth-order valence-corrected chi connectivity index (χ4v) is 4.77. The van der Waals surface area contributed by atoms with Gasteiger partial charge in [-0.05, 0) is 22.3 Å². The van der Waals surface area contributed by atoms with E-state index in [1.54, 1.807) is 0 Å². The molecule has 1 aliphatic heterocycles. The number of hydrogen-bond acceptors (Lipinski definition) is 6. The second kappa shape index (κ2) is 14.9. The lowest BCUT2D eigenvalue weighted by atomic mass is 9.98. The van der Waals surface area contributed by atoms with Crippen molar-refractivity contribution in [2.45, 2.75) is 57.1 Å². The van der Waals surface area contributed by atoms with E-state index >= 15 is 0 Å². The van der Waals surface area contributed by atoms with Crippen LogP contribution in [-0.2, 0) is 50.1 Å². The Morgan fingerprint density at radius 2 is 0.850 bits per heavy atom. The van der Waals surface area contributed by atoms with Gasteiger partial charge in [0.1, 0.15) is 24.4 Å². The number of rotatable bonds is 13. The van der Waals surface area contributed by atoms with Crippen LogP contribution in [0.4, 0.5) is 0 Å². The zero-order chi connectivity index (χ0) is 27.4. The monoisotopic (exact) mass is 540 g/mol. The highest BCUT2D eigenvalue weighted by molar-refractivity contribution is 5.16. The Hall–Kier alpha value is -3.36. The molecule has 1 N–H and O–H groups in total. The zero-order valence-corrected chi connectivity index (χ0v) is 22.5. The molecule has 0 radical (unpaired) electrons. The lowest BCUT2D eigenvalue weighted by Gasteiger charge is -2.44. The number of benzene rings is 4. The molecule has 5 atom stereocenters. The molecule has 6 heteroatoms. The molecule has 0 amide bonds. The molecule has 4 aromatic carbocycles. The number of aliphatic hydroxyl groups excluding tert-OH is 1. The maximum Gasteiger partial charge on any atom is 0.184 e. The van der Waals surface area contributed by atoms with Crippen molar-refractivity contribution in [2.75, 3.05) is 6.61 Å². The highest BCUT2D eigenvalue weighted by atomic mass is 16.7. The maximum absolute atomic E-state index is 11.2. The summed E-state index contributed by atoms with van der Waals surface area (Å²) in [5.41, 5.74) is 4.10. The van der Waals surface area contributed by atoms with Gasteiger partial charge in [-0.15, -0.1) is 0 Å². The molecule has 4 aromatic rings. The molecule has 208 valence electrons. The molecule has 2 unspecified atom stereocenters. The van der Waals surface area contributed by atoms with E-state index in [0.717, 1.165) is 22.3 Å². The van der Waals surface area contributed by atoms with Crippen LogP contribution < -0.4 is 0 Å². The van der Waals surface area contributed by atoms with Gasteiger partial charge in [0.05, 0.1) is 33.0 Å². The van der Waals surface area contributed by atoms with Gasteiger partial charge in [-0.2, -0.15) is 0 Å². The van der Waals surface area contributed by atoms with Crippen molar-refractivity contribution in [3.63, 3.8) is 0 Å². The van der Waals surface area contributed by atoms with Crippen LogP contribution in [0.1, 0.15) is 22.3 Å². The summed E-state index contributed by atoms with van der Waals surface area (Å²) in [5.74, 6) is 0. The van der Waals surface area contributed by atoms with Gasteiger partial charge in [0.15, 0.2) is 6.29 Å². The van der Waals surface area contributed by atoms with Gasteiger partial charge in [-0.25, -0.2) is 0 Å². The van der Waals surface area contributed by atoms with E-state index in [-0.39, 0.29) is 6.61 Å². The van der Waals surface area contributed by atoms with E-state index in [2.05, 4.69) is 0 Å². The number of ether oxygens (including phenoxy) is 5. The first-order valence-corrected chi connectivity index (χ1v) is 13.7. The van der Waals surface area contributed by atoms with E-state index in [1.165, 1.54) is 0 Å². The van der Waals surface area contributed by atoms with Gasteiger partial charge < -0.3 is 28.8 Å². The van der Waals surface area contributed by atoms with Gasteiger partial charge in [-0.1, -0.05) is 121 Å². The Labute approximate surface area is 236 Å². The van der Waals surface area contributed by atoms with Crippen molar-refractivity contribution >= 4 is 0 Å². The van der Waals surface area contributed by atoms with Crippen molar-refractivity contribution in [2.24, 2.45) is 0 Å². The van der Waals surface area contributed by atoms with Crippen LogP contribution in [-0.4, -0.2) is 42.4 Å². The first-order valence-electron chi connectivity index (χ1n) is 13.7. The predicted molar refractivity (Wildman–Crippen MR) is 152 cm³/mol. The summed E-state index contributed by atoms with van der Waals surface area (Å²) < 4.78 is 31.4. The van der Waals surface area contributed by atoms with Gasteiger partial charge >= 0.3 is 0 Å². The standard InChI is InChI=1S/C34H36O6/c35-34-33(39-24-29-19-11-4-12-20-29)32(38-23-28-17-9-3-10-18-28)31(37-22-27-15-7-2-8-16-27)30(40-34)25-36-21-26-13-5-1-6-14-26/h1-20,30-35H,21-25H2/t30?,31-,32-,33?,34+/m0/s1. The largest absolute Gasteiger partial charge is 0.374 e. The lowest BCUT2D eigenvalue weighted by molar-refractivity contribution is -0.317. The van der Waals surface area contributed by atoms with Crippen molar-refractivity contribution in [1.29, 1.82) is 0 Å². The third kappa shape index (κ3) is 8.08. The van der Waals surface area contributed by atoms with E-state index in [0.29, 0.717) is 26.4 Å². The molecule has 0 bridgehead atoms. The van der Waals surface area contributed by atoms with Crippen molar-refractivity contribution in [3.8, 4) is 0 Å². The van der Waals surface area contributed by atoms with Crippen LogP contribution in [0.3, 0.4) is 0 Å². The Balaban J connectivity index is 1.36. The van der Waals surface area contributed by atoms with E-state index in [9.17, 15) is 5.11 Å². The van der Waals surface area contributed by atoms with Crippen molar-refractivity contribution in [3.05, 3.63) is 144 Å². The zero-order valence-electron chi connectivity index (χ0n) is 22.5.